The third-order valence-corrected chi connectivity index (χ3v) is 1.16. The van der Waals surface area contributed by atoms with Gasteiger partial charge in [0.25, 0.3) is 0 Å². The fraction of sp³-hybridized carbons (Fsp3) is 0.444. The first-order valence-corrected chi connectivity index (χ1v) is 3.81. The summed E-state index contributed by atoms with van der Waals surface area (Å²) in [4.78, 5) is 10.9. The quantitative estimate of drug-likeness (QED) is 0.364. The molecule has 68 valence electrons. The smallest absolute Gasteiger partial charge is 0.246 e. The van der Waals surface area contributed by atoms with Crippen molar-refractivity contribution in [3.05, 3.63) is 24.8 Å². The molecule has 0 unspecified atom stereocenters. The maximum atomic E-state index is 10.9. The van der Waals surface area contributed by atoms with Gasteiger partial charge in [-0.25, -0.2) is 0 Å². The van der Waals surface area contributed by atoms with Gasteiger partial charge in [-0.2, -0.15) is 0 Å². The van der Waals surface area contributed by atoms with Crippen molar-refractivity contribution in [2.45, 2.75) is 6.92 Å². The van der Waals surface area contributed by atoms with Crippen LogP contribution in [0.1, 0.15) is 6.92 Å². The van der Waals surface area contributed by atoms with E-state index in [0.29, 0.717) is 25.3 Å². The van der Waals surface area contributed by atoms with Crippen LogP contribution in [-0.4, -0.2) is 25.7 Å². The Hall–Kier alpha value is -1.09. The minimum atomic E-state index is -0.128. The van der Waals surface area contributed by atoms with Crippen LogP contribution in [0.15, 0.2) is 24.8 Å². The number of ether oxygens (including phenoxy) is 1. The first-order valence-electron chi connectivity index (χ1n) is 3.81. The fourth-order valence-corrected chi connectivity index (χ4v) is 0.554. The van der Waals surface area contributed by atoms with E-state index in [0.717, 1.165) is 0 Å². The average Bonchev–Trinajstić information content (AvgIpc) is 2.03. The van der Waals surface area contributed by atoms with Crippen LogP contribution in [0, 0.1) is 0 Å². The molecule has 0 aromatic rings. The van der Waals surface area contributed by atoms with Gasteiger partial charge in [0.2, 0.25) is 5.91 Å². The lowest BCUT2D eigenvalue weighted by molar-refractivity contribution is -0.117. The summed E-state index contributed by atoms with van der Waals surface area (Å²) in [5.41, 5.74) is 0.513. The molecule has 0 aromatic heterocycles. The van der Waals surface area contributed by atoms with Gasteiger partial charge >= 0.3 is 0 Å². The minimum Gasteiger partial charge on any atom is -0.376 e. The molecule has 0 saturated heterocycles. The highest BCUT2D eigenvalue weighted by molar-refractivity contribution is 5.91. The van der Waals surface area contributed by atoms with Gasteiger partial charge in [0.1, 0.15) is 0 Å². The van der Waals surface area contributed by atoms with E-state index >= 15 is 0 Å². The zero-order chi connectivity index (χ0) is 9.40. The Morgan fingerprint density at radius 3 is 2.83 bits per heavy atom. The first-order chi connectivity index (χ1) is 5.68. The largest absolute Gasteiger partial charge is 0.376 e. The summed E-state index contributed by atoms with van der Waals surface area (Å²) in [5.74, 6) is -0.128. The standard InChI is InChI=1S/C9H15NO2/c1-4-6-12-7-5-10-9(11)8(2)3/h4H,1-2,5-7H2,3H3,(H,10,11). The van der Waals surface area contributed by atoms with Crippen molar-refractivity contribution in [1.29, 1.82) is 0 Å². The van der Waals surface area contributed by atoms with Crippen LogP contribution in [0.2, 0.25) is 0 Å². The van der Waals surface area contributed by atoms with E-state index in [1.54, 1.807) is 13.0 Å². The van der Waals surface area contributed by atoms with Crippen LogP contribution in [0.25, 0.3) is 0 Å². The Morgan fingerprint density at radius 1 is 1.67 bits per heavy atom. The lowest BCUT2D eigenvalue weighted by Gasteiger charge is -2.03. The molecule has 1 amide bonds. The molecule has 0 radical (unpaired) electrons. The van der Waals surface area contributed by atoms with Crippen LogP contribution < -0.4 is 5.32 Å². The van der Waals surface area contributed by atoms with Gasteiger partial charge in [0, 0.05) is 12.1 Å². The molecule has 0 aliphatic rings. The van der Waals surface area contributed by atoms with E-state index in [9.17, 15) is 4.79 Å². The number of rotatable bonds is 6. The summed E-state index contributed by atoms with van der Waals surface area (Å²) >= 11 is 0. The van der Waals surface area contributed by atoms with E-state index in [4.69, 9.17) is 4.74 Å². The predicted molar refractivity (Wildman–Crippen MR) is 48.8 cm³/mol. The molecular formula is C9H15NO2. The maximum absolute atomic E-state index is 10.9. The Bertz CT molecular complexity index is 175. The van der Waals surface area contributed by atoms with E-state index in [-0.39, 0.29) is 5.91 Å². The molecule has 3 heteroatoms. The molecule has 0 aromatic carbocycles. The molecule has 0 heterocycles. The van der Waals surface area contributed by atoms with E-state index in [1.807, 2.05) is 0 Å². The highest BCUT2D eigenvalue weighted by atomic mass is 16.5. The average molecular weight is 169 g/mol. The minimum absolute atomic E-state index is 0.128. The van der Waals surface area contributed by atoms with Crippen molar-refractivity contribution in [1.82, 2.24) is 5.32 Å². The molecule has 0 rings (SSSR count). The Kier molecular flexibility index (Phi) is 6.01. The van der Waals surface area contributed by atoms with Crippen LogP contribution in [-0.2, 0) is 9.53 Å². The maximum Gasteiger partial charge on any atom is 0.246 e. The molecule has 0 atom stereocenters. The number of amides is 1. The van der Waals surface area contributed by atoms with Crippen molar-refractivity contribution in [2.24, 2.45) is 0 Å². The summed E-state index contributed by atoms with van der Waals surface area (Å²) in [6, 6.07) is 0. The van der Waals surface area contributed by atoms with Gasteiger partial charge < -0.3 is 10.1 Å². The Morgan fingerprint density at radius 2 is 2.33 bits per heavy atom. The van der Waals surface area contributed by atoms with Crippen LogP contribution in [0.5, 0.6) is 0 Å². The predicted octanol–water partition coefficient (Wildman–Crippen LogP) is 0.881. The van der Waals surface area contributed by atoms with Crippen LogP contribution in [0.3, 0.4) is 0 Å². The van der Waals surface area contributed by atoms with Crippen molar-refractivity contribution in [3.8, 4) is 0 Å². The van der Waals surface area contributed by atoms with Gasteiger partial charge in [-0.1, -0.05) is 12.7 Å². The van der Waals surface area contributed by atoms with Gasteiger partial charge in [-0.05, 0) is 6.92 Å². The van der Waals surface area contributed by atoms with Crippen molar-refractivity contribution in [2.75, 3.05) is 19.8 Å². The Balaban J connectivity index is 3.25. The number of hydrogen-bond donors (Lipinski definition) is 1. The molecular weight excluding hydrogens is 154 g/mol. The Labute approximate surface area is 73.1 Å². The summed E-state index contributed by atoms with van der Waals surface area (Å²) in [7, 11) is 0. The summed E-state index contributed by atoms with van der Waals surface area (Å²) in [6.45, 7) is 10.2. The molecule has 3 nitrogen and oxygen atoms in total. The third-order valence-electron chi connectivity index (χ3n) is 1.16. The van der Waals surface area contributed by atoms with Gasteiger partial charge in [0.05, 0.1) is 13.2 Å². The molecule has 12 heavy (non-hydrogen) atoms. The fourth-order valence-electron chi connectivity index (χ4n) is 0.554. The zero-order valence-corrected chi connectivity index (χ0v) is 7.43. The van der Waals surface area contributed by atoms with Gasteiger partial charge in [-0.15, -0.1) is 6.58 Å². The molecule has 0 saturated carbocycles. The summed E-state index contributed by atoms with van der Waals surface area (Å²) in [6.07, 6.45) is 1.67. The van der Waals surface area contributed by atoms with E-state index in [2.05, 4.69) is 18.5 Å². The number of carbonyl (C=O) groups is 1. The molecule has 0 bridgehead atoms. The second-order valence-electron chi connectivity index (χ2n) is 2.40. The molecule has 0 aliphatic heterocycles. The lowest BCUT2D eigenvalue weighted by atomic mass is 10.3. The summed E-state index contributed by atoms with van der Waals surface area (Å²) < 4.78 is 5.05. The lowest BCUT2D eigenvalue weighted by Crippen LogP contribution is -2.27. The number of nitrogens with one attached hydrogen (secondary N) is 1. The topological polar surface area (TPSA) is 38.3 Å². The van der Waals surface area contributed by atoms with E-state index in [1.165, 1.54) is 0 Å². The highest BCUT2D eigenvalue weighted by Gasteiger charge is 1.98. The van der Waals surface area contributed by atoms with Crippen LogP contribution in [0.4, 0.5) is 0 Å². The molecule has 0 aliphatic carbocycles. The van der Waals surface area contributed by atoms with Crippen molar-refractivity contribution >= 4 is 5.91 Å². The van der Waals surface area contributed by atoms with Crippen LogP contribution >= 0.6 is 0 Å². The zero-order valence-electron chi connectivity index (χ0n) is 7.43. The monoisotopic (exact) mass is 169 g/mol. The van der Waals surface area contributed by atoms with E-state index < -0.39 is 0 Å². The SMILES string of the molecule is C=CCOCCNC(=O)C(=C)C. The highest BCUT2D eigenvalue weighted by Crippen LogP contribution is 1.84. The second-order valence-corrected chi connectivity index (χ2v) is 2.40. The second kappa shape index (κ2) is 6.61. The number of carbonyl (C=O) groups excluding carboxylic acids is 1. The van der Waals surface area contributed by atoms with Crippen molar-refractivity contribution < 1.29 is 9.53 Å². The summed E-state index contributed by atoms with van der Waals surface area (Å²) in [5, 5.41) is 2.64. The first kappa shape index (κ1) is 10.9. The van der Waals surface area contributed by atoms with Gasteiger partial charge in [-0.3, -0.25) is 4.79 Å². The molecule has 0 fully saturated rings. The number of hydrogen-bond acceptors (Lipinski definition) is 2. The normalized spacial score (nSPS) is 9.08. The van der Waals surface area contributed by atoms with Crippen molar-refractivity contribution in [3.63, 3.8) is 0 Å². The van der Waals surface area contributed by atoms with Gasteiger partial charge in [0.15, 0.2) is 0 Å². The molecule has 1 N–H and O–H groups in total. The molecule has 0 spiro atoms. The third kappa shape index (κ3) is 5.68.